The molecule has 150 valence electrons. The molecule has 1 aliphatic heterocycles. The lowest BCUT2D eigenvalue weighted by Gasteiger charge is -2.24. The van der Waals surface area contributed by atoms with Gasteiger partial charge >= 0.3 is 5.91 Å². The summed E-state index contributed by atoms with van der Waals surface area (Å²) in [6.45, 7) is 0. The molecule has 1 aromatic heterocycles. The highest BCUT2D eigenvalue weighted by Crippen LogP contribution is 2.43. The fraction of sp³-hybridized carbons (Fsp3) is 0.0870. The first kappa shape index (κ1) is 19.2. The van der Waals surface area contributed by atoms with Crippen LogP contribution in [0.2, 0.25) is 0 Å². The molecule has 0 radical (unpaired) electrons. The van der Waals surface area contributed by atoms with Gasteiger partial charge in [-0.2, -0.15) is 0 Å². The molecule has 2 heterocycles. The van der Waals surface area contributed by atoms with Crippen molar-refractivity contribution in [2.24, 2.45) is 0 Å². The van der Waals surface area contributed by atoms with Gasteiger partial charge in [0.15, 0.2) is 11.5 Å². The van der Waals surface area contributed by atoms with E-state index in [0.717, 1.165) is 0 Å². The van der Waals surface area contributed by atoms with E-state index in [1.165, 1.54) is 30.3 Å². The lowest BCUT2D eigenvalue weighted by atomic mass is 9.95. The molecule has 0 unspecified atom stereocenters. The first-order valence-corrected chi connectivity index (χ1v) is 9.17. The number of aliphatic hydroxyl groups excluding tert-OH is 1. The molecule has 7 heteroatoms. The number of phenolic OH excluding ortho intramolecular Hbond substituents is 1. The van der Waals surface area contributed by atoms with Crippen LogP contribution in [0.3, 0.4) is 0 Å². The van der Waals surface area contributed by atoms with Crippen LogP contribution in [-0.2, 0) is 9.59 Å². The van der Waals surface area contributed by atoms with Gasteiger partial charge in [-0.3, -0.25) is 14.5 Å². The quantitative estimate of drug-likeness (QED) is 0.394. The Hall–Kier alpha value is -4.13. The summed E-state index contributed by atoms with van der Waals surface area (Å²) in [5.74, 6) is -1.55. The van der Waals surface area contributed by atoms with Crippen LogP contribution < -0.4 is 9.64 Å². The normalized spacial score (nSPS) is 17.9. The number of nitrogens with zero attached hydrogens (tertiary/aromatic N) is 2. The number of hydrogen-bond donors (Lipinski definition) is 2. The number of aliphatic hydroxyl groups is 1. The van der Waals surface area contributed by atoms with Crippen LogP contribution in [-0.4, -0.2) is 34.0 Å². The number of rotatable bonds is 4. The smallest absolute Gasteiger partial charge is 0.301 e. The van der Waals surface area contributed by atoms with Crippen LogP contribution >= 0.6 is 0 Å². The zero-order valence-corrected chi connectivity index (χ0v) is 16.0. The molecule has 1 fully saturated rings. The van der Waals surface area contributed by atoms with Gasteiger partial charge in [0.25, 0.3) is 5.78 Å². The molecule has 1 aliphatic rings. The number of ketones is 1. The number of pyridine rings is 1. The van der Waals surface area contributed by atoms with Gasteiger partial charge in [-0.15, -0.1) is 0 Å². The molecule has 2 aromatic carbocycles. The number of methoxy groups -OCH3 is 1. The molecule has 1 atom stereocenters. The maximum atomic E-state index is 13.0. The first-order valence-electron chi connectivity index (χ1n) is 9.17. The highest BCUT2D eigenvalue weighted by atomic mass is 16.5. The molecule has 0 saturated carbocycles. The number of benzene rings is 2. The Morgan fingerprint density at radius 3 is 2.43 bits per heavy atom. The highest BCUT2D eigenvalue weighted by molar-refractivity contribution is 6.51. The Bertz CT molecular complexity index is 1140. The topological polar surface area (TPSA) is 100.0 Å². The molecular weight excluding hydrogens is 384 g/mol. The van der Waals surface area contributed by atoms with E-state index in [1.54, 1.807) is 54.6 Å². The van der Waals surface area contributed by atoms with E-state index < -0.39 is 17.7 Å². The summed E-state index contributed by atoms with van der Waals surface area (Å²) in [6, 6.07) is 17.1. The second-order valence-electron chi connectivity index (χ2n) is 6.65. The summed E-state index contributed by atoms with van der Waals surface area (Å²) >= 11 is 0. The molecule has 3 aromatic rings. The van der Waals surface area contributed by atoms with E-state index >= 15 is 0 Å². The average molecular weight is 402 g/mol. The van der Waals surface area contributed by atoms with Crippen LogP contribution in [0, 0.1) is 0 Å². The van der Waals surface area contributed by atoms with Crippen molar-refractivity contribution in [2.45, 2.75) is 6.04 Å². The minimum atomic E-state index is -0.949. The molecular formula is C23H18N2O5. The van der Waals surface area contributed by atoms with Gasteiger partial charge in [0, 0.05) is 11.8 Å². The van der Waals surface area contributed by atoms with Gasteiger partial charge in [-0.25, -0.2) is 4.98 Å². The molecule has 30 heavy (non-hydrogen) atoms. The van der Waals surface area contributed by atoms with E-state index in [2.05, 4.69) is 4.98 Å². The number of aromatic hydroxyl groups is 1. The number of carbonyl (C=O) groups excluding carboxylic acids is 2. The summed E-state index contributed by atoms with van der Waals surface area (Å²) in [5.41, 5.74) is 0.823. The summed E-state index contributed by atoms with van der Waals surface area (Å²) in [6.07, 6.45) is 1.51. The lowest BCUT2D eigenvalue weighted by molar-refractivity contribution is -0.132. The largest absolute Gasteiger partial charge is 0.507 e. The molecule has 1 amide bonds. The highest BCUT2D eigenvalue weighted by Gasteiger charge is 2.47. The van der Waals surface area contributed by atoms with Gasteiger partial charge < -0.3 is 14.9 Å². The maximum Gasteiger partial charge on any atom is 0.301 e. The van der Waals surface area contributed by atoms with E-state index in [0.29, 0.717) is 11.1 Å². The number of amides is 1. The predicted molar refractivity (Wildman–Crippen MR) is 110 cm³/mol. The van der Waals surface area contributed by atoms with Crippen molar-refractivity contribution in [1.29, 1.82) is 0 Å². The van der Waals surface area contributed by atoms with Crippen LogP contribution in [0.1, 0.15) is 17.2 Å². The van der Waals surface area contributed by atoms with Crippen LogP contribution in [0.15, 0.2) is 78.5 Å². The SMILES string of the molecule is COc1cc([C@@H]2/C(=C(\O)c3ccccc3)C(=O)C(=O)N2c2ccccn2)ccc1O. The zero-order valence-electron chi connectivity index (χ0n) is 16.0. The van der Waals surface area contributed by atoms with E-state index in [9.17, 15) is 19.8 Å². The second kappa shape index (κ2) is 7.71. The second-order valence-corrected chi connectivity index (χ2v) is 6.65. The number of Topliss-reactive ketones (excluding diaryl/α,β-unsaturated/α-hetero) is 1. The Morgan fingerprint density at radius 1 is 1.03 bits per heavy atom. The number of carbonyl (C=O) groups is 2. The third-order valence-corrected chi connectivity index (χ3v) is 4.91. The number of anilines is 1. The fourth-order valence-corrected chi connectivity index (χ4v) is 3.50. The monoisotopic (exact) mass is 402 g/mol. The summed E-state index contributed by atoms with van der Waals surface area (Å²) < 4.78 is 5.19. The minimum absolute atomic E-state index is 0.0652. The van der Waals surface area contributed by atoms with Gasteiger partial charge in [-0.05, 0) is 29.8 Å². The molecule has 2 N–H and O–H groups in total. The van der Waals surface area contributed by atoms with Gasteiger partial charge in [0.1, 0.15) is 11.6 Å². The van der Waals surface area contributed by atoms with Crippen molar-refractivity contribution in [3.05, 3.63) is 89.6 Å². The fourth-order valence-electron chi connectivity index (χ4n) is 3.50. The molecule has 1 saturated heterocycles. The van der Waals surface area contributed by atoms with Gasteiger partial charge in [0.05, 0.1) is 18.7 Å². The van der Waals surface area contributed by atoms with Crippen molar-refractivity contribution in [1.82, 2.24) is 4.98 Å². The Kier molecular flexibility index (Phi) is 4.93. The van der Waals surface area contributed by atoms with E-state index in [1.807, 2.05) is 0 Å². The number of hydrogen-bond acceptors (Lipinski definition) is 6. The van der Waals surface area contributed by atoms with Crippen LogP contribution in [0.5, 0.6) is 11.5 Å². The molecule has 0 bridgehead atoms. The summed E-state index contributed by atoms with van der Waals surface area (Å²) in [7, 11) is 1.40. The Labute approximate surface area is 172 Å². The number of aromatic nitrogens is 1. The summed E-state index contributed by atoms with van der Waals surface area (Å²) in [4.78, 5) is 31.4. The number of ether oxygens (including phenoxy) is 1. The zero-order chi connectivity index (χ0) is 21.3. The summed E-state index contributed by atoms with van der Waals surface area (Å²) in [5, 5.41) is 20.9. The molecule has 0 spiro atoms. The molecule has 0 aliphatic carbocycles. The Morgan fingerprint density at radius 2 is 1.77 bits per heavy atom. The van der Waals surface area contributed by atoms with Crippen molar-refractivity contribution in [3.63, 3.8) is 0 Å². The average Bonchev–Trinajstić information content (AvgIpc) is 3.05. The molecule has 7 nitrogen and oxygen atoms in total. The molecule has 4 rings (SSSR count). The Balaban J connectivity index is 1.97. The van der Waals surface area contributed by atoms with Crippen LogP contribution in [0.4, 0.5) is 5.82 Å². The third-order valence-electron chi connectivity index (χ3n) is 4.91. The third kappa shape index (κ3) is 3.16. The number of phenols is 1. The maximum absolute atomic E-state index is 13.0. The van der Waals surface area contributed by atoms with Gasteiger partial charge in [0.2, 0.25) is 0 Å². The van der Waals surface area contributed by atoms with Crippen molar-refractivity contribution in [2.75, 3.05) is 12.0 Å². The lowest BCUT2D eigenvalue weighted by Crippen LogP contribution is -2.30. The van der Waals surface area contributed by atoms with Crippen molar-refractivity contribution < 1.29 is 24.5 Å². The minimum Gasteiger partial charge on any atom is -0.507 e. The van der Waals surface area contributed by atoms with E-state index in [-0.39, 0.29) is 28.6 Å². The predicted octanol–water partition coefficient (Wildman–Crippen LogP) is 3.42. The van der Waals surface area contributed by atoms with Crippen molar-refractivity contribution in [3.8, 4) is 11.5 Å². The van der Waals surface area contributed by atoms with Crippen molar-refractivity contribution >= 4 is 23.3 Å². The first-order chi connectivity index (χ1) is 14.5. The van der Waals surface area contributed by atoms with Gasteiger partial charge in [-0.1, -0.05) is 42.5 Å². The van der Waals surface area contributed by atoms with Crippen LogP contribution in [0.25, 0.3) is 5.76 Å². The van der Waals surface area contributed by atoms with E-state index in [4.69, 9.17) is 4.74 Å². The standard InChI is InChI=1S/C23H18N2O5/c1-30-17-13-15(10-11-16(17)26)20-19(21(27)14-7-3-2-4-8-14)22(28)23(29)25(20)18-9-5-6-12-24-18/h2-13,20,26-27H,1H3/b21-19+/t20-/m1/s1.